The highest BCUT2D eigenvalue weighted by Gasteiger charge is 2.35. The van der Waals surface area contributed by atoms with E-state index in [-0.39, 0.29) is 5.41 Å². The van der Waals surface area contributed by atoms with Gasteiger partial charge in [-0.1, -0.05) is 141 Å². The van der Waals surface area contributed by atoms with Gasteiger partial charge in [-0.3, -0.25) is 0 Å². The number of furan rings is 2. The van der Waals surface area contributed by atoms with Gasteiger partial charge in [-0.15, -0.1) is 0 Å². The van der Waals surface area contributed by atoms with Crippen LogP contribution in [0, 0.1) is 0 Å². The molecule has 1 aliphatic rings. The summed E-state index contributed by atoms with van der Waals surface area (Å²) in [6.07, 6.45) is 0. The zero-order chi connectivity index (χ0) is 44.4. The van der Waals surface area contributed by atoms with E-state index in [1.165, 1.54) is 44.1 Å². The molecule has 0 saturated heterocycles. The maximum Gasteiger partial charge on any atom is 0.137 e. The van der Waals surface area contributed by atoms with E-state index in [0.29, 0.717) is 0 Å². The molecule has 13 aromatic rings. The molecule has 4 heteroatoms. The standard InChI is InChI=1S/C63H42N2O2/c1-63(2)54-15-7-3-11-47(54)48-33-32-46(38-55(48)63)64(44-28-23-41(24-29-44)42-25-35-59-53(37-42)50-13-5-9-17-57(50)66-59)43-26-19-39(20-27-43)40-21-30-45(31-22-40)65-56-16-8-4-12-49(56)51-34-36-60-61(62(51)65)52-14-6-10-18-58(52)67-60/h3-38H,1-2H3. The monoisotopic (exact) mass is 858 g/mol. The predicted octanol–water partition coefficient (Wildman–Crippen LogP) is 17.7. The Morgan fingerprint density at radius 2 is 0.910 bits per heavy atom. The largest absolute Gasteiger partial charge is 0.456 e. The van der Waals surface area contributed by atoms with Gasteiger partial charge >= 0.3 is 0 Å². The minimum Gasteiger partial charge on any atom is -0.456 e. The van der Waals surface area contributed by atoms with Gasteiger partial charge in [-0.25, -0.2) is 0 Å². The number of anilines is 3. The summed E-state index contributed by atoms with van der Waals surface area (Å²) < 4.78 is 14.9. The molecule has 0 radical (unpaired) electrons. The number of fused-ring (bicyclic) bond motifs is 13. The molecule has 10 aromatic carbocycles. The zero-order valence-electron chi connectivity index (χ0n) is 37.0. The van der Waals surface area contributed by atoms with Crippen LogP contribution >= 0.6 is 0 Å². The van der Waals surface area contributed by atoms with E-state index in [1.54, 1.807) is 0 Å². The van der Waals surface area contributed by atoms with Crippen molar-refractivity contribution >= 4 is 82.7 Å². The average Bonchev–Trinajstić information content (AvgIpc) is 4.11. The molecule has 0 bridgehead atoms. The second kappa shape index (κ2) is 14.2. The van der Waals surface area contributed by atoms with Gasteiger partial charge in [0.2, 0.25) is 0 Å². The summed E-state index contributed by atoms with van der Waals surface area (Å²) >= 11 is 0. The summed E-state index contributed by atoms with van der Waals surface area (Å²) in [4.78, 5) is 2.39. The van der Waals surface area contributed by atoms with Crippen molar-refractivity contribution in [3.63, 3.8) is 0 Å². The molecule has 316 valence electrons. The van der Waals surface area contributed by atoms with E-state index in [0.717, 1.165) is 88.9 Å². The molecule has 0 amide bonds. The first kappa shape index (κ1) is 37.7. The van der Waals surface area contributed by atoms with Gasteiger partial charge in [0.1, 0.15) is 22.3 Å². The topological polar surface area (TPSA) is 34.5 Å². The molecule has 0 atom stereocenters. The Balaban J connectivity index is 0.848. The molecule has 0 aliphatic heterocycles. The lowest BCUT2D eigenvalue weighted by atomic mass is 9.82. The average molecular weight is 859 g/mol. The summed E-state index contributed by atoms with van der Waals surface area (Å²) in [5, 5.41) is 6.98. The number of aromatic nitrogens is 1. The van der Waals surface area contributed by atoms with Crippen molar-refractivity contribution in [2.24, 2.45) is 0 Å². The predicted molar refractivity (Wildman–Crippen MR) is 278 cm³/mol. The molecule has 3 aromatic heterocycles. The highest BCUT2D eigenvalue weighted by molar-refractivity contribution is 6.24. The second-order valence-corrected chi connectivity index (χ2v) is 18.5. The number of hydrogen-bond donors (Lipinski definition) is 0. The molecule has 0 saturated carbocycles. The fraction of sp³-hybridized carbons (Fsp3) is 0.0476. The fourth-order valence-corrected chi connectivity index (χ4v) is 11.1. The number of para-hydroxylation sites is 3. The van der Waals surface area contributed by atoms with Gasteiger partial charge in [0, 0.05) is 55.1 Å². The first-order valence-corrected chi connectivity index (χ1v) is 23.1. The third-order valence-electron chi connectivity index (χ3n) is 14.4. The van der Waals surface area contributed by atoms with E-state index >= 15 is 0 Å². The van der Waals surface area contributed by atoms with Crippen LogP contribution in [-0.2, 0) is 5.41 Å². The van der Waals surface area contributed by atoms with E-state index < -0.39 is 0 Å². The molecule has 0 N–H and O–H groups in total. The zero-order valence-corrected chi connectivity index (χ0v) is 37.0. The Morgan fingerprint density at radius 1 is 0.373 bits per heavy atom. The van der Waals surface area contributed by atoms with E-state index in [9.17, 15) is 0 Å². The molecule has 14 rings (SSSR count). The number of nitrogens with zero attached hydrogens (tertiary/aromatic N) is 2. The van der Waals surface area contributed by atoms with Crippen molar-refractivity contribution in [3.05, 3.63) is 230 Å². The fourth-order valence-electron chi connectivity index (χ4n) is 11.1. The molecule has 0 unspecified atom stereocenters. The Bertz CT molecular complexity index is 4110. The molecule has 0 fully saturated rings. The van der Waals surface area contributed by atoms with Crippen LogP contribution in [0.15, 0.2) is 227 Å². The highest BCUT2D eigenvalue weighted by Crippen LogP contribution is 2.51. The smallest absolute Gasteiger partial charge is 0.137 e. The third kappa shape index (κ3) is 5.66. The third-order valence-corrected chi connectivity index (χ3v) is 14.4. The van der Waals surface area contributed by atoms with Gasteiger partial charge in [-0.2, -0.15) is 0 Å². The minimum atomic E-state index is -0.124. The Morgan fingerprint density at radius 3 is 1.67 bits per heavy atom. The number of hydrogen-bond acceptors (Lipinski definition) is 3. The lowest BCUT2D eigenvalue weighted by Crippen LogP contribution is -2.16. The molecule has 4 nitrogen and oxygen atoms in total. The Labute approximate surface area is 387 Å². The van der Waals surface area contributed by atoms with E-state index in [1.807, 2.05) is 18.2 Å². The highest BCUT2D eigenvalue weighted by atomic mass is 16.3. The summed E-state index contributed by atoms with van der Waals surface area (Å²) in [7, 11) is 0. The van der Waals surface area contributed by atoms with Crippen LogP contribution in [0.1, 0.15) is 25.0 Å². The maximum absolute atomic E-state index is 6.37. The van der Waals surface area contributed by atoms with Crippen molar-refractivity contribution in [2.75, 3.05) is 4.90 Å². The van der Waals surface area contributed by atoms with Gasteiger partial charge in [0.25, 0.3) is 0 Å². The molecular weight excluding hydrogens is 817 g/mol. The van der Waals surface area contributed by atoms with Crippen LogP contribution in [0.25, 0.3) is 105 Å². The van der Waals surface area contributed by atoms with Crippen molar-refractivity contribution in [2.45, 2.75) is 19.3 Å². The van der Waals surface area contributed by atoms with Crippen LogP contribution in [0.5, 0.6) is 0 Å². The van der Waals surface area contributed by atoms with Crippen LogP contribution in [0.2, 0.25) is 0 Å². The van der Waals surface area contributed by atoms with Gasteiger partial charge in [-0.05, 0) is 136 Å². The summed E-state index contributed by atoms with van der Waals surface area (Å²) in [5.74, 6) is 0. The SMILES string of the molecule is CC1(C)c2ccccc2-c2ccc(N(c3ccc(-c4ccc(-n5c6ccccc6c6ccc7oc8ccccc8c7c65)cc4)cc3)c3ccc(-c4ccc5oc6ccccc6c5c4)cc3)cc21. The van der Waals surface area contributed by atoms with Crippen LogP contribution in [-0.4, -0.2) is 4.57 Å². The van der Waals surface area contributed by atoms with Crippen molar-refractivity contribution in [3.8, 4) is 39.1 Å². The van der Waals surface area contributed by atoms with Crippen LogP contribution in [0.4, 0.5) is 17.1 Å². The summed E-state index contributed by atoms with van der Waals surface area (Å²) in [5.41, 5.74) is 20.2. The van der Waals surface area contributed by atoms with Crippen molar-refractivity contribution in [1.82, 2.24) is 4.57 Å². The lowest BCUT2D eigenvalue weighted by Gasteiger charge is -2.28. The van der Waals surface area contributed by atoms with Crippen molar-refractivity contribution in [1.29, 1.82) is 0 Å². The van der Waals surface area contributed by atoms with Gasteiger partial charge in [0.15, 0.2) is 0 Å². The number of rotatable bonds is 6. The normalized spacial score (nSPS) is 13.0. The first-order chi connectivity index (χ1) is 33.0. The minimum absolute atomic E-state index is 0.124. The summed E-state index contributed by atoms with van der Waals surface area (Å²) in [6.45, 7) is 4.70. The van der Waals surface area contributed by atoms with Gasteiger partial charge < -0.3 is 18.3 Å². The Kier molecular flexibility index (Phi) is 8.00. The van der Waals surface area contributed by atoms with Crippen LogP contribution in [0.3, 0.4) is 0 Å². The van der Waals surface area contributed by atoms with Gasteiger partial charge in [0.05, 0.1) is 16.4 Å². The summed E-state index contributed by atoms with van der Waals surface area (Å²) in [6, 6.07) is 79.0. The molecule has 0 spiro atoms. The lowest BCUT2D eigenvalue weighted by molar-refractivity contribution is 0.660. The van der Waals surface area contributed by atoms with Crippen molar-refractivity contribution < 1.29 is 8.83 Å². The van der Waals surface area contributed by atoms with E-state index in [2.05, 4.69) is 224 Å². The molecular formula is C63H42N2O2. The quantitative estimate of drug-likeness (QED) is 0.167. The molecule has 1 aliphatic carbocycles. The van der Waals surface area contributed by atoms with E-state index in [4.69, 9.17) is 8.83 Å². The number of benzene rings is 10. The van der Waals surface area contributed by atoms with Crippen LogP contribution < -0.4 is 4.90 Å². The molecule has 3 heterocycles. The Hall–Kier alpha value is -8.60. The maximum atomic E-state index is 6.37. The molecule has 67 heavy (non-hydrogen) atoms. The second-order valence-electron chi connectivity index (χ2n) is 18.5. The first-order valence-electron chi connectivity index (χ1n) is 23.1.